The molecule has 1 unspecified atom stereocenters. The fourth-order valence-corrected chi connectivity index (χ4v) is 1.43. The Bertz CT molecular complexity index is 166. The average Bonchev–Trinajstić information content (AvgIpc) is 1.94. The minimum atomic E-state index is -0.725. The summed E-state index contributed by atoms with van der Waals surface area (Å²) in [5, 5.41) is 8.71. The number of carboxylic acid groups (broad SMARTS) is 1. The minimum Gasteiger partial charge on any atom is -0.480 e. The molecule has 0 bridgehead atoms. The van der Waals surface area contributed by atoms with Crippen molar-refractivity contribution in [3.05, 3.63) is 0 Å². The van der Waals surface area contributed by atoms with Gasteiger partial charge in [-0.2, -0.15) is 0 Å². The maximum atomic E-state index is 10.6. The third-order valence-corrected chi connectivity index (χ3v) is 2.79. The maximum absolute atomic E-state index is 10.6. The van der Waals surface area contributed by atoms with Crippen LogP contribution in [-0.2, 0) is 4.79 Å². The number of hydrogen-bond donors (Lipinski definition) is 1. The van der Waals surface area contributed by atoms with E-state index in [1.807, 2.05) is 11.9 Å². The van der Waals surface area contributed by atoms with Gasteiger partial charge in [0.25, 0.3) is 0 Å². The first-order chi connectivity index (χ1) is 5.61. The largest absolute Gasteiger partial charge is 0.480 e. The van der Waals surface area contributed by atoms with Gasteiger partial charge in [0.1, 0.15) is 6.04 Å². The molecular formula is C9H17NO2. The molecule has 0 amide bonds. The van der Waals surface area contributed by atoms with Gasteiger partial charge in [-0.1, -0.05) is 6.42 Å². The van der Waals surface area contributed by atoms with Crippen LogP contribution in [0.4, 0.5) is 0 Å². The quantitative estimate of drug-likeness (QED) is 0.690. The number of carboxylic acids is 1. The molecule has 1 aliphatic carbocycles. The average molecular weight is 171 g/mol. The van der Waals surface area contributed by atoms with E-state index in [0.29, 0.717) is 0 Å². The Morgan fingerprint density at radius 1 is 1.67 bits per heavy atom. The van der Waals surface area contributed by atoms with Crippen molar-refractivity contribution in [2.45, 2.75) is 32.2 Å². The van der Waals surface area contributed by atoms with Gasteiger partial charge < -0.3 is 5.11 Å². The molecule has 12 heavy (non-hydrogen) atoms. The summed E-state index contributed by atoms with van der Waals surface area (Å²) >= 11 is 0. The molecule has 1 N–H and O–H groups in total. The molecule has 0 saturated heterocycles. The van der Waals surface area contributed by atoms with Gasteiger partial charge >= 0.3 is 5.97 Å². The number of likely N-dealkylation sites (N-methyl/N-ethyl adjacent to an activating group) is 1. The van der Waals surface area contributed by atoms with E-state index in [-0.39, 0.29) is 6.04 Å². The molecule has 3 nitrogen and oxygen atoms in total. The van der Waals surface area contributed by atoms with Crippen molar-refractivity contribution >= 4 is 5.97 Å². The third kappa shape index (κ3) is 2.21. The second kappa shape index (κ2) is 3.90. The van der Waals surface area contributed by atoms with E-state index in [9.17, 15) is 4.79 Å². The Hall–Kier alpha value is -0.570. The number of carbonyl (C=O) groups is 1. The molecule has 0 aliphatic heterocycles. The van der Waals surface area contributed by atoms with Gasteiger partial charge in [-0.15, -0.1) is 0 Å². The van der Waals surface area contributed by atoms with E-state index >= 15 is 0 Å². The maximum Gasteiger partial charge on any atom is 0.320 e. The third-order valence-electron chi connectivity index (χ3n) is 2.79. The molecule has 0 heterocycles. The van der Waals surface area contributed by atoms with E-state index in [0.717, 1.165) is 12.5 Å². The smallest absolute Gasteiger partial charge is 0.320 e. The molecule has 0 aromatic rings. The van der Waals surface area contributed by atoms with Crippen molar-refractivity contribution in [1.82, 2.24) is 4.90 Å². The van der Waals surface area contributed by atoms with Crippen LogP contribution in [0, 0.1) is 5.92 Å². The highest BCUT2D eigenvalue weighted by Gasteiger charge is 2.23. The topological polar surface area (TPSA) is 40.5 Å². The molecular weight excluding hydrogens is 154 g/mol. The predicted molar refractivity (Wildman–Crippen MR) is 47.1 cm³/mol. The van der Waals surface area contributed by atoms with E-state index in [1.54, 1.807) is 6.92 Å². The van der Waals surface area contributed by atoms with Crippen LogP contribution < -0.4 is 0 Å². The van der Waals surface area contributed by atoms with E-state index in [2.05, 4.69) is 0 Å². The lowest BCUT2D eigenvalue weighted by Gasteiger charge is -2.31. The second-order valence-electron chi connectivity index (χ2n) is 3.75. The first-order valence-corrected chi connectivity index (χ1v) is 4.54. The van der Waals surface area contributed by atoms with Gasteiger partial charge in [-0.25, -0.2) is 0 Å². The van der Waals surface area contributed by atoms with Crippen molar-refractivity contribution in [2.24, 2.45) is 5.92 Å². The number of aliphatic carboxylic acids is 1. The van der Waals surface area contributed by atoms with Crippen LogP contribution in [0.3, 0.4) is 0 Å². The Balaban J connectivity index is 2.25. The molecule has 0 aromatic heterocycles. The fraction of sp³-hybridized carbons (Fsp3) is 0.889. The molecule has 1 aliphatic rings. The van der Waals surface area contributed by atoms with Gasteiger partial charge in [0.05, 0.1) is 0 Å². The summed E-state index contributed by atoms with van der Waals surface area (Å²) < 4.78 is 0. The lowest BCUT2D eigenvalue weighted by atomic mass is 9.85. The molecule has 0 radical (unpaired) electrons. The second-order valence-corrected chi connectivity index (χ2v) is 3.75. The number of hydrogen-bond acceptors (Lipinski definition) is 2. The zero-order chi connectivity index (χ0) is 9.14. The van der Waals surface area contributed by atoms with E-state index in [1.165, 1.54) is 19.3 Å². The van der Waals surface area contributed by atoms with Gasteiger partial charge in [0.15, 0.2) is 0 Å². The molecule has 1 fully saturated rings. The lowest BCUT2D eigenvalue weighted by molar-refractivity contribution is -0.142. The monoisotopic (exact) mass is 171 g/mol. The summed E-state index contributed by atoms with van der Waals surface area (Å²) in [4.78, 5) is 12.5. The van der Waals surface area contributed by atoms with Crippen LogP contribution in [0.5, 0.6) is 0 Å². The Kier molecular flexibility index (Phi) is 3.09. The molecule has 0 spiro atoms. The van der Waals surface area contributed by atoms with Crippen molar-refractivity contribution < 1.29 is 9.90 Å². The van der Waals surface area contributed by atoms with Crippen LogP contribution in [-0.4, -0.2) is 35.6 Å². The highest BCUT2D eigenvalue weighted by Crippen LogP contribution is 2.27. The van der Waals surface area contributed by atoms with Crippen molar-refractivity contribution in [1.29, 1.82) is 0 Å². The summed E-state index contributed by atoms with van der Waals surface area (Å²) in [6.45, 7) is 2.68. The van der Waals surface area contributed by atoms with Gasteiger partial charge in [-0.05, 0) is 32.7 Å². The molecule has 70 valence electrons. The lowest BCUT2D eigenvalue weighted by Crippen LogP contribution is -2.40. The Labute approximate surface area is 73.4 Å². The fourth-order valence-electron chi connectivity index (χ4n) is 1.43. The highest BCUT2D eigenvalue weighted by molar-refractivity contribution is 5.72. The summed E-state index contributed by atoms with van der Waals surface area (Å²) in [5.74, 6) is 0.0219. The number of nitrogens with zero attached hydrogens (tertiary/aromatic N) is 1. The summed E-state index contributed by atoms with van der Waals surface area (Å²) in [6, 6.07) is -0.342. The molecule has 3 heteroatoms. The van der Waals surface area contributed by atoms with Crippen molar-refractivity contribution in [3.63, 3.8) is 0 Å². The Morgan fingerprint density at radius 3 is 2.58 bits per heavy atom. The van der Waals surface area contributed by atoms with Crippen LogP contribution in [0.2, 0.25) is 0 Å². The van der Waals surface area contributed by atoms with Crippen LogP contribution in [0.25, 0.3) is 0 Å². The van der Waals surface area contributed by atoms with Crippen LogP contribution >= 0.6 is 0 Å². The van der Waals surface area contributed by atoms with E-state index in [4.69, 9.17) is 5.11 Å². The first-order valence-electron chi connectivity index (χ1n) is 4.54. The minimum absolute atomic E-state index is 0.342. The van der Waals surface area contributed by atoms with Crippen molar-refractivity contribution in [3.8, 4) is 0 Å². The predicted octanol–water partition coefficient (Wildman–Crippen LogP) is 1.19. The van der Waals surface area contributed by atoms with E-state index < -0.39 is 5.97 Å². The molecule has 1 atom stereocenters. The molecule has 0 aromatic carbocycles. The zero-order valence-electron chi connectivity index (χ0n) is 7.79. The van der Waals surface area contributed by atoms with Crippen LogP contribution in [0.15, 0.2) is 0 Å². The molecule has 1 saturated carbocycles. The SMILES string of the molecule is CC(C(=O)O)N(C)CC1CCC1. The Morgan fingerprint density at radius 2 is 2.25 bits per heavy atom. The standard InChI is InChI=1S/C9H17NO2/c1-7(9(11)12)10(2)6-8-4-3-5-8/h7-8H,3-6H2,1-2H3,(H,11,12). The van der Waals surface area contributed by atoms with Gasteiger partial charge in [0.2, 0.25) is 0 Å². The summed E-state index contributed by atoms with van der Waals surface area (Å²) in [7, 11) is 1.89. The van der Waals surface area contributed by atoms with Gasteiger partial charge in [-0.3, -0.25) is 9.69 Å². The van der Waals surface area contributed by atoms with Crippen LogP contribution in [0.1, 0.15) is 26.2 Å². The summed E-state index contributed by atoms with van der Waals surface area (Å²) in [6.07, 6.45) is 3.87. The normalized spacial score (nSPS) is 20.6. The first kappa shape index (κ1) is 9.52. The molecule has 1 rings (SSSR count). The highest BCUT2D eigenvalue weighted by atomic mass is 16.4. The number of rotatable bonds is 4. The van der Waals surface area contributed by atoms with Crippen molar-refractivity contribution in [2.75, 3.05) is 13.6 Å². The van der Waals surface area contributed by atoms with Gasteiger partial charge in [0, 0.05) is 6.54 Å². The zero-order valence-corrected chi connectivity index (χ0v) is 7.79. The summed E-state index contributed by atoms with van der Waals surface area (Å²) in [5.41, 5.74) is 0.